The molecule has 0 amide bonds. The van der Waals surface area contributed by atoms with E-state index in [1.165, 1.54) is 17.7 Å². The van der Waals surface area contributed by atoms with E-state index in [-0.39, 0.29) is 0 Å². The Morgan fingerprint density at radius 1 is 0.758 bits per heavy atom. The SMILES string of the molecule is COc1ccc(Br)c(CBr)c1.COc1ccc(Br)c(CNCc2ccc(C(F)(F)F)cc2)c1. The predicted octanol–water partition coefficient (Wildman–Crippen LogP) is 8.12. The summed E-state index contributed by atoms with van der Waals surface area (Å²) < 4.78 is 49.7. The van der Waals surface area contributed by atoms with Crippen LogP contribution in [-0.2, 0) is 24.6 Å². The maximum absolute atomic E-state index is 12.5. The summed E-state index contributed by atoms with van der Waals surface area (Å²) in [5, 5.41) is 4.04. The van der Waals surface area contributed by atoms with Gasteiger partial charge in [0.05, 0.1) is 19.8 Å². The molecule has 0 radical (unpaired) electrons. The van der Waals surface area contributed by atoms with E-state index in [0.717, 1.165) is 49.0 Å². The lowest BCUT2D eigenvalue weighted by atomic mass is 10.1. The average Bonchev–Trinajstić information content (AvgIpc) is 2.81. The summed E-state index contributed by atoms with van der Waals surface area (Å²) in [5.74, 6) is 1.65. The van der Waals surface area contributed by atoms with Gasteiger partial charge in [-0.05, 0) is 65.2 Å². The van der Waals surface area contributed by atoms with Gasteiger partial charge in [-0.3, -0.25) is 0 Å². The lowest BCUT2D eigenvalue weighted by Gasteiger charge is -2.10. The molecule has 3 aromatic carbocycles. The van der Waals surface area contributed by atoms with Crippen LogP contribution in [0.3, 0.4) is 0 Å². The van der Waals surface area contributed by atoms with Gasteiger partial charge in [0, 0.05) is 27.4 Å². The maximum Gasteiger partial charge on any atom is 0.416 e. The van der Waals surface area contributed by atoms with Crippen molar-refractivity contribution in [2.75, 3.05) is 14.2 Å². The monoisotopic (exact) mass is 651 g/mol. The number of benzene rings is 3. The van der Waals surface area contributed by atoms with E-state index in [9.17, 15) is 13.2 Å². The van der Waals surface area contributed by atoms with Gasteiger partial charge in [-0.15, -0.1) is 0 Å². The highest BCUT2D eigenvalue weighted by Crippen LogP contribution is 2.29. The molecule has 0 unspecified atom stereocenters. The zero-order chi connectivity index (χ0) is 24.4. The number of ether oxygens (including phenoxy) is 2. The van der Waals surface area contributed by atoms with Gasteiger partial charge in [0.1, 0.15) is 11.5 Å². The smallest absolute Gasteiger partial charge is 0.416 e. The Hall–Kier alpha value is -1.55. The highest BCUT2D eigenvalue weighted by atomic mass is 79.9. The van der Waals surface area contributed by atoms with Gasteiger partial charge in [-0.1, -0.05) is 59.9 Å². The van der Waals surface area contributed by atoms with Crippen molar-refractivity contribution in [3.05, 3.63) is 91.9 Å². The highest BCUT2D eigenvalue weighted by molar-refractivity contribution is 9.11. The van der Waals surface area contributed by atoms with Gasteiger partial charge in [0.25, 0.3) is 0 Å². The summed E-state index contributed by atoms with van der Waals surface area (Å²) in [5.41, 5.74) is 2.38. The molecule has 0 heterocycles. The van der Waals surface area contributed by atoms with Crippen molar-refractivity contribution < 1.29 is 22.6 Å². The van der Waals surface area contributed by atoms with Gasteiger partial charge >= 0.3 is 6.18 Å². The Morgan fingerprint density at radius 3 is 1.76 bits per heavy atom. The highest BCUT2D eigenvalue weighted by Gasteiger charge is 2.29. The quantitative estimate of drug-likeness (QED) is 0.261. The number of halogens is 6. The zero-order valence-electron chi connectivity index (χ0n) is 18.0. The number of rotatable bonds is 7. The minimum Gasteiger partial charge on any atom is -0.497 e. The van der Waals surface area contributed by atoms with Crippen molar-refractivity contribution in [2.24, 2.45) is 0 Å². The molecule has 178 valence electrons. The standard InChI is InChI=1S/C16H15BrF3NO.C8H8Br2O/c1-22-14-6-7-15(17)12(8-14)10-21-9-11-2-4-13(5-3-11)16(18,19)20;1-11-7-2-3-8(10)6(4-7)5-9/h2-8,21H,9-10H2,1H3;2-4H,5H2,1H3. The Morgan fingerprint density at radius 2 is 1.27 bits per heavy atom. The second-order valence-corrected chi connectivity index (χ2v) is 9.12. The van der Waals surface area contributed by atoms with Crippen LogP contribution >= 0.6 is 47.8 Å². The Balaban J connectivity index is 0.000000294. The van der Waals surface area contributed by atoms with Crippen molar-refractivity contribution in [1.29, 1.82) is 0 Å². The first kappa shape index (κ1) is 27.7. The van der Waals surface area contributed by atoms with E-state index in [1.807, 2.05) is 36.4 Å². The molecule has 9 heteroatoms. The molecule has 0 aromatic heterocycles. The van der Waals surface area contributed by atoms with E-state index >= 15 is 0 Å². The van der Waals surface area contributed by atoms with Crippen LogP contribution in [0.2, 0.25) is 0 Å². The Labute approximate surface area is 217 Å². The summed E-state index contributed by atoms with van der Waals surface area (Å²) >= 11 is 10.3. The van der Waals surface area contributed by atoms with Crippen LogP contribution in [0.4, 0.5) is 13.2 Å². The minimum atomic E-state index is -4.29. The van der Waals surface area contributed by atoms with Crippen molar-refractivity contribution in [1.82, 2.24) is 5.32 Å². The second-order valence-electron chi connectivity index (χ2n) is 6.85. The fraction of sp³-hybridized carbons (Fsp3) is 0.250. The summed E-state index contributed by atoms with van der Waals surface area (Å²) in [6.45, 7) is 1.07. The molecule has 0 aliphatic carbocycles. The van der Waals surface area contributed by atoms with E-state index in [0.29, 0.717) is 13.1 Å². The van der Waals surface area contributed by atoms with Crippen LogP contribution < -0.4 is 14.8 Å². The molecule has 0 aliphatic rings. The lowest BCUT2D eigenvalue weighted by molar-refractivity contribution is -0.137. The maximum atomic E-state index is 12.5. The molecule has 1 N–H and O–H groups in total. The Kier molecular flexibility index (Phi) is 11.2. The first-order chi connectivity index (χ1) is 15.7. The molecule has 0 fully saturated rings. The molecular formula is C24H23Br3F3NO2. The third kappa shape index (κ3) is 8.96. The van der Waals surface area contributed by atoms with Crippen molar-refractivity contribution in [3.8, 4) is 11.5 Å². The summed E-state index contributed by atoms with van der Waals surface area (Å²) in [6, 6.07) is 16.7. The Bertz CT molecular complexity index is 1030. The molecule has 3 rings (SSSR count). The molecular weight excluding hydrogens is 631 g/mol. The van der Waals surface area contributed by atoms with E-state index < -0.39 is 11.7 Å². The number of alkyl halides is 4. The topological polar surface area (TPSA) is 30.5 Å². The summed E-state index contributed by atoms with van der Waals surface area (Å²) in [7, 11) is 3.27. The van der Waals surface area contributed by atoms with Crippen LogP contribution in [-0.4, -0.2) is 14.2 Å². The van der Waals surface area contributed by atoms with Crippen molar-refractivity contribution in [3.63, 3.8) is 0 Å². The zero-order valence-corrected chi connectivity index (χ0v) is 22.7. The van der Waals surface area contributed by atoms with Crippen molar-refractivity contribution in [2.45, 2.75) is 24.6 Å². The summed E-state index contributed by atoms with van der Waals surface area (Å²) in [6.07, 6.45) is -4.29. The molecule has 0 saturated heterocycles. The van der Waals surface area contributed by atoms with Gasteiger partial charge in [0.15, 0.2) is 0 Å². The number of methoxy groups -OCH3 is 2. The van der Waals surface area contributed by atoms with Crippen LogP contribution in [0.15, 0.2) is 69.6 Å². The largest absolute Gasteiger partial charge is 0.497 e. The second kappa shape index (κ2) is 13.4. The molecule has 0 saturated carbocycles. The normalized spacial score (nSPS) is 10.9. The van der Waals surface area contributed by atoms with Crippen LogP contribution in [0.5, 0.6) is 11.5 Å². The lowest BCUT2D eigenvalue weighted by Crippen LogP contribution is -2.13. The van der Waals surface area contributed by atoms with Gasteiger partial charge < -0.3 is 14.8 Å². The summed E-state index contributed by atoms with van der Waals surface area (Å²) in [4.78, 5) is 0. The van der Waals surface area contributed by atoms with Crippen LogP contribution in [0.1, 0.15) is 22.3 Å². The number of hydrogen-bond acceptors (Lipinski definition) is 3. The molecule has 0 atom stereocenters. The van der Waals surface area contributed by atoms with E-state index in [2.05, 4.69) is 53.1 Å². The fourth-order valence-corrected chi connectivity index (χ4v) is 4.36. The molecule has 0 aliphatic heterocycles. The molecule has 0 bridgehead atoms. The van der Waals surface area contributed by atoms with Gasteiger partial charge in [-0.2, -0.15) is 13.2 Å². The molecule has 3 aromatic rings. The first-order valence-electron chi connectivity index (χ1n) is 9.75. The minimum absolute atomic E-state index is 0.488. The molecule has 0 spiro atoms. The van der Waals surface area contributed by atoms with E-state index in [1.54, 1.807) is 14.2 Å². The van der Waals surface area contributed by atoms with Crippen molar-refractivity contribution >= 4 is 47.8 Å². The number of hydrogen-bond donors (Lipinski definition) is 1. The first-order valence-corrected chi connectivity index (χ1v) is 12.5. The van der Waals surface area contributed by atoms with Crippen LogP contribution in [0.25, 0.3) is 0 Å². The van der Waals surface area contributed by atoms with Crippen LogP contribution in [0, 0.1) is 0 Å². The number of nitrogens with one attached hydrogen (secondary N) is 1. The van der Waals surface area contributed by atoms with E-state index in [4.69, 9.17) is 9.47 Å². The third-order valence-corrected chi connectivity index (χ3v) is 6.73. The van der Waals surface area contributed by atoms with Gasteiger partial charge in [-0.25, -0.2) is 0 Å². The predicted molar refractivity (Wildman–Crippen MR) is 136 cm³/mol. The third-order valence-electron chi connectivity index (χ3n) is 4.58. The molecule has 3 nitrogen and oxygen atoms in total. The molecule has 33 heavy (non-hydrogen) atoms. The average molecular weight is 654 g/mol. The fourth-order valence-electron chi connectivity index (χ4n) is 2.75. The van der Waals surface area contributed by atoms with Gasteiger partial charge in [0.2, 0.25) is 0 Å².